The number of rotatable bonds is 49. The van der Waals surface area contributed by atoms with Crippen molar-refractivity contribution in [2.24, 2.45) is 0 Å². The molecule has 0 saturated carbocycles. The number of unbranched alkanes of at least 4 members (excludes halogenated alkanes) is 46. The molecular weight excluding hydrogens is 645 g/mol. The van der Waals surface area contributed by atoms with Gasteiger partial charge in [-0.05, 0) is 6.42 Å². The summed E-state index contributed by atoms with van der Waals surface area (Å²) in [6.45, 7) is 2.31. The number of hydrogen-bond acceptors (Lipinski definition) is 2. The van der Waals surface area contributed by atoms with E-state index in [-0.39, 0.29) is 5.78 Å². The van der Waals surface area contributed by atoms with Crippen LogP contribution in [0.2, 0.25) is 0 Å². The molecular formula is C51H100O2. The van der Waals surface area contributed by atoms with E-state index in [0.29, 0.717) is 12.7 Å². The lowest BCUT2D eigenvalue weighted by atomic mass is 10.0. The summed E-state index contributed by atoms with van der Waals surface area (Å²) in [7, 11) is 0. The summed E-state index contributed by atoms with van der Waals surface area (Å²) >= 11 is 0. The van der Waals surface area contributed by atoms with Gasteiger partial charge in [-0.3, -0.25) is 9.59 Å². The van der Waals surface area contributed by atoms with Crippen molar-refractivity contribution in [2.75, 3.05) is 0 Å². The van der Waals surface area contributed by atoms with Crippen LogP contribution in [-0.4, -0.2) is 12.1 Å². The summed E-state index contributed by atoms with van der Waals surface area (Å²) < 4.78 is 0. The van der Waals surface area contributed by atoms with Gasteiger partial charge in [0.15, 0.2) is 12.1 Å². The lowest BCUT2D eigenvalue weighted by molar-refractivity contribution is -0.129. The molecule has 2 heteroatoms. The Morgan fingerprint density at radius 1 is 0.245 bits per heavy atom. The first-order valence-electron chi connectivity index (χ1n) is 25.3. The summed E-state index contributed by atoms with van der Waals surface area (Å²) in [5.74, 6) is -0.239. The number of ketones is 1. The van der Waals surface area contributed by atoms with Crippen LogP contribution in [0.15, 0.2) is 0 Å². The summed E-state index contributed by atoms with van der Waals surface area (Å²) in [6.07, 6.45) is 68.3. The van der Waals surface area contributed by atoms with Gasteiger partial charge in [0.05, 0.1) is 0 Å². The molecule has 0 saturated heterocycles. The Bertz CT molecular complexity index is 671. The monoisotopic (exact) mass is 745 g/mol. The average Bonchev–Trinajstić information content (AvgIpc) is 3.17. The van der Waals surface area contributed by atoms with E-state index >= 15 is 0 Å². The highest BCUT2D eigenvalue weighted by atomic mass is 16.2. The molecule has 2 nitrogen and oxygen atoms in total. The molecule has 0 aromatic heterocycles. The van der Waals surface area contributed by atoms with E-state index in [4.69, 9.17) is 0 Å². The maximum Gasteiger partial charge on any atom is 0.195 e. The number of hydrogen-bond donors (Lipinski definition) is 0. The average molecular weight is 745 g/mol. The Kier molecular flexibility index (Phi) is 48.7. The fraction of sp³-hybridized carbons (Fsp3) is 0.961. The third-order valence-electron chi connectivity index (χ3n) is 12.2. The van der Waals surface area contributed by atoms with E-state index < -0.39 is 0 Å². The topological polar surface area (TPSA) is 34.1 Å². The maximum absolute atomic E-state index is 11.0. The molecule has 0 bridgehead atoms. The highest BCUT2D eigenvalue weighted by Gasteiger charge is 2.00. The Morgan fingerprint density at radius 2 is 0.377 bits per heavy atom. The van der Waals surface area contributed by atoms with Gasteiger partial charge in [0.1, 0.15) is 0 Å². The van der Waals surface area contributed by atoms with Crippen LogP contribution in [0.3, 0.4) is 0 Å². The van der Waals surface area contributed by atoms with E-state index in [1.165, 1.54) is 289 Å². The summed E-state index contributed by atoms with van der Waals surface area (Å²) in [6, 6.07) is 0. The molecule has 0 aliphatic heterocycles. The zero-order chi connectivity index (χ0) is 38.2. The van der Waals surface area contributed by atoms with Crippen molar-refractivity contribution in [3.8, 4) is 0 Å². The van der Waals surface area contributed by atoms with Crippen LogP contribution in [0, 0.1) is 0 Å². The lowest BCUT2D eigenvalue weighted by Gasteiger charge is -2.05. The molecule has 0 aliphatic carbocycles. The standard InChI is InChI=1S/C51H100O2/c1-2-3-4-5-6-7-8-9-10-11-12-13-14-15-16-17-18-19-20-21-22-23-24-25-26-27-28-29-30-31-32-33-34-35-36-37-38-39-40-41-42-43-44-45-46-47-48-49-51(53)50-52/h50H,2-49H2,1H3. The van der Waals surface area contributed by atoms with Crippen LogP contribution >= 0.6 is 0 Å². The van der Waals surface area contributed by atoms with Crippen LogP contribution < -0.4 is 0 Å². The van der Waals surface area contributed by atoms with Crippen molar-refractivity contribution in [3.05, 3.63) is 0 Å². The van der Waals surface area contributed by atoms with Gasteiger partial charge in [0.25, 0.3) is 0 Å². The zero-order valence-electron chi connectivity index (χ0n) is 36.8. The molecule has 0 radical (unpaired) electrons. The normalized spacial score (nSPS) is 11.5. The highest BCUT2D eigenvalue weighted by molar-refractivity contribution is 6.24. The Hall–Kier alpha value is -0.660. The van der Waals surface area contributed by atoms with E-state index in [9.17, 15) is 9.59 Å². The molecule has 0 N–H and O–H groups in total. The van der Waals surface area contributed by atoms with Gasteiger partial charge in [0, 0.05) is 6.42 Å². The van der Waals surface area contributed by atoms with E-state index in [1.54, 1.807) is 0 Å². The molecule has 0 amide bonds. The first-order chi connectivity index (χ1) is 26.3. The molecule has 0 atom stereocenters. The van der Waals surface area contributed by atoms with Gasteiger partial charge < -0.3 is 0 Å². The van der Waals surface area contributed by atoms with Crippen molar-refractivity contribution in [1.29, 1.82) is 0 Å². The van der Waals surface area contributed by atoms with E-state index in [2.05, 4.69) is 6.92 Å². The molecule has 0 unspecified atom stereocenters. The zero-order valence-corrected chi connectivity index (χ0v) is 36.8. The van der Waals surface area contributed by atoms with Crippen LogP contribution in [0.1, 0.15) is 315 Å². The molecule has 0 aliphatic rings. The van der Waals surface area contributed by atoms with Crippen LogP contribution in [0.25, 0.3) is 0 Å². The van der Waals surface area contributed by atoms with Crippen LogP contribution in [0.5, 0.6) is 0 Å². The fourth-order valence-corrected chi connectivity index (χ4v) is 8.39. The molecule has 316 valence electrons. The molecule has 0 aromatic carbocycles. The minimum atomic E-state index is -0.239. The molecule has 0 spiro atoms. The third kappa shape index (κ3) is 49.3. The van der Waals surface area contributed by atoms with Gasteiger partial charge in [-0.2, -0.15) is 0 Å². The number of aldehydes is 1. The predicted molar refractivity (Wildman–Crippen MR) is 238 cm³/mol. The minimum Gasteiger partial charge on any atom is -0.295 e. The summed E-state index contributed by atoms with van der Waals surface area (Å²) in [5.41, 5.74) is 0. The smallest absolute Gasteiger partial charge is 0.195 e. The lowest BCUT2D eigenvalue weighted by Crippen LogP contribution is -1.97. The number of Topliss-reactive ketones (excluding diaryl/α,β-unsaturated/α-hetero) is 1. The maximum atomic E-state index is 11.0. The van der Waals surface area contributed by atoms with Crippen molar-refractivity contribution in [1.82, 2.24) is 0 Å². The first kappa shape index (κ1) is 52.3. The second kappa shape index (κ2) is 49.4. The third-order valence-corrected chi connectivity index (χ3v) is 12.2. The largest absolute Gasteiger partial charge is 0.295 e. The van der Waals surface area contributed by atoms with Gasteiger partial charge >= 0.3 is 0 Å². The van der Waals surface area contributed by atoms with Crippen molar-refractivity contribution < 1.29 is 9.59 Å². The Morgan fingerprint density at radius 3 is 0.509 bits per heavy atom. The van der Waals surface area contributed by atoms with Crippen molar-refractivity contribution in [2.45, 2.75) is 315 Å². The van der Waals surface area contributed by atoms with E-state index in [0.717, 1.165) is 12.8 Å². The summed E-state index contributed by atoms with van der Waals surface area (Å²) in [5, 5.41) is 0. The number of carbonyl (C=O) groups is 2. The van der Waals surface area contributed by atoms with Gasteiger partial charge in [-0.25, -0.2) is 0 Å². The van der Waals surface area contributed by atoms with Crippen molar-refractivity contribution >= 4 is 12.1 Å². The molecule has 53 heavy (non-hydrogen) atoms. The van der Waals surface area contributed by atoms with Gasteiger partial charge in [-0.15, -0.1) is 0 Å². The Balaban J connectivity index is 3.06. The Labute approximate surface area is 335 Å². The molecule has 0 heterocycles. The molecule has 0 aromatic rings. The second-order valence-corrected chi connectivity index (χ2v) is 17.6. The first-order valence-corrected chi connectivity index (χ1v) is 25.3. The van der Waals surface area contributed by atoms with E-state index in [1.807, 2.05) is 0 Å². The van der Waals surface area contributed by atoms with Crippen molar-refractivity contribution in [3.63, 3.8) is 0 Å². The van der Waals surface area contributed by atoms with Crippen LogP contribution in [-0.2, 0) is 9.59 Å². The fourth-order valence-electron chi connectivity index (χ4n) is 8.39. The second-order valence-electron chi connectivity index (χ2n) is 17.6. The number of carbonyl (C=O) groups excluding carboxylic acids is 2. The minimum absolute atomic E-state index is 0.239. The highest BCUT2D eigenvalue weighted by Crippen LogP contribution is 2.18. The predicted octanol–water partition coefficient (Wildman–Crippen LogP) is 18.5. The SMILES string of the molecule is CCCCCCCCCCCCCCCCCCCCCCCCCCCCCCCCCCCCCCCCCCCCCCCCCC(=O)C=O. The quantitative estimate of drug-likeness (QED) is 0.0353. The summed E-state index contributed by atoms with van der Waals surface area (Å²) in [4.78, 5) is 21.3. The molecule has 0 fully saturated rings. The molecule has 0 rings (SSSR count). The van der Waals surface area contributed by atoms with Gasteiger partial charge in [0.2, 0.25) is 0 Å². The van der Waals surface area contributed by atoms with Gasteiger partial charge in [-0.1, -0.05) is 302 Å². The van der Waals surface area contributed by atoms with Crippen LogP contribution in [0.4, 0.5) is 0 Å².